The Morgan fingerprint density at radius 2 is 2.17 bits per heavy atom. The van der Waals surface area contributed by atoms with Crippen molar-refractivity contribution < 1.29 is 9.90 Å². The lowest BCUT2D eigenvalue weighted by atomic mass is 9.97. The van der Waals surface area contributed by atoms with Crippen LogP contribution in [0.1, 0.15) is 23.2 Å². The minimum Gasteiger partial charge on any atom is -0.396 e. The molecule has 2 aromatic rings. The van der Waals surface area contributed by atoms with E-state index in [0.29, 0.717) is 11.5 Å². The summed E-state index contributed by atoms with van der Waals surface area (Å²) < 4.78 is 1.99. The molecule has 122 valence electrons. The van der Waals surface area contributed by atoms with Crippen LogP contribution in [0.15, 0.2) is 41.8 Å². The molecule has 6 heteroatoms. The molecule has 1 N–H and O–H groups in total. The van der Waals surface area contributed by atoms with E-state index >= 15 is 0 Å². The molecule has 5 nitrogen and oxygen atoms in total. The van der Waals surface area contributed by atoms with Crippen LogP contribution < -0.4 is 0 Å². The summed E-state index contributed by atoms with van der Waals surface area (Å²) in [6, 6.07) is 7.67. The minimum atomic E-state index is 0.0639. The fraction of sp³-hybridized carbons (Fsp3) is 0.412. The number of imidazole rings is 1. The Morgan fingerprint density at radius 3 is 2.87 bits per heavy atom. The Bertz CT molecular complexity index is 678. The van der Waals surface area contributed by atoms with E-state index in [4.69, 9.17) is 0 Å². The van der Waals surface area contributed by atoms with Crippen molar-refractivity contribution in [2.24, 2.45) is 5.92 Å². The number of nitrogens with zero attached hydrogens (tertiary/aromatic N) is 3. The number of likely N-dealkylation sites (tertiary alicyclic amines) is 1. The summed E-state index contributed by atoms with van der Waals surface area (Å²) in [6.45, 7) is 1.65. The number of hydrogen-bond donors (Lipinski definition) is 1. The van der Waals surface area contributed by atoms with Crippen LogP contribution in [0.4, 0.5) is 0 Å². The van der Waals surface area contributed by atoms with Crippen LogP contribution in [-0.2, 0) is 0 Å². The fourth-order valence-electron chi connectivity index (χ4n) is 2.93. The number of aliphatic hydroxyl groups is 1. The van der Waals surface area contributed by atoms with E-state index < -0.39 is 0 Å². The van der Waals surface area contributed by atoms with Gasteiger partial charge in [0.05, 0.1) is 0 Å². The molecule has 0 saturated carbocycles. The molecule has 0 atom stereocenters. The van der Waals surface area contributed by atoms with Gasteiger partial charge in [-0.1, -0.05) is 17.8 Å². The van der Waals surface area contributed by atoms with Gasteiger partial charge < -0.3 is 10.0 Å². The molecule has 1 aliphatic heterocycles. The SMILES string of the molecule is CSc1nccn1-c1cccc(C(=O)N2CCC(CO)CC2)c1. The van der Waals surface area contributed by atoms with Gasteiger partial charge >= 0.3 is 0 Å². The number of carbonyl (C=O) groups excluding carboxylic acids is 1. The van der Waals surface area contributed by atoms with Gasteiger partial charge in [-0.15, -0.1) is 0 Å². The highest BCUT2D eigenvalue weighted by atomic mass is 32.2. The molecule has 0 aliphatic carbocycles. The molecule has 1 amide bonds. The van der Waals surface area contributed by atoms with E-state index in [1.807, 2.05) is 46.2 Å². The van der Waals surface area contributed by atoms with Crippen LogP contribution in [0, 0.1) is 5.92 Å². The predicted octanol–water partition coefficient (Wildman–Crippen LogP) is 2.44. The van der Waals surface area contributed by atoms with E-state index in [0.717, 1.165) is 36.8 Å². The number of carbonyl (C=O) groups is 1. The van der Waals surface area contributed by atoms with Crippen molar-refractivity contribution in [2.45, 2.75) is 18.0 Å². The Hall–Kier alpha value is -1.79. The number of rotatable bonds is 4. The lowest BCUT2D eigenvalue weighted by Gasteiger charge is -2.31. The number of hydrogen-bond acceptors (Lipinski definition) is 4. The van der Waals surface area contributed by atoms with Gasteiger partial charge in [0, 0.05) is 43.3 Å². The highest BCUT2D eigenvalue weighted by Crippen LogP contribution is 2.22. The maximum absolute atomic E-state index is 12.7. The molecule has 0 radical (unpaired) electrons. The maximum atomic E-state index is 12.7. The van der Waals surface area contributed by atoms with Crippen LogP contribution in [0.3, 0.4) is 0 Å². The van der Waals surface area contributed by atoms with Gasteiger partial charge in [-0.05, 0) is 43.2 Å². The minimum absolute atomic E-state index is 0.0639. The Kier molecular flexibility index (Phi) is 5.03. The van der Waals surface area contributed by atoms with E-state index in [9.17, 15) is 9.90 Å². The number of amides is 1. The van der Waals surface area contributed by atoms with E-state index in [1.54, 1.807) is 18.0 Å². The zero-order valence-corrected chi connectivity index (χ0v) is 14.0. The first kappa shape index (κ1) is 16.1. The second-order valence-electron chi connectivity index (χ2n) is 5.75. The lowest BCUT2D eigenvalue weighted by Crippen LogP contribution is -2.39. The summed E-state index contributed by atoms with van der Waals surface area (Å²) in [5.41, 5.74) is 1.65. The van der Waals surface area contributed by atoms with Gasteiger partial charge in [-0.3, -0.25) is 9.36 Å². The van der Waals surface area contributed by atoms with Crippen LogP contribution in [-0.4, -0.2) is 51.4 Å². The average molecular weight is 331 g/mol. The van der Waals surface area contributed by atoms with Gasteiger partial charge in [-0.25, -0.2) is 4.98 Å². The third-order valence-electron chi connectivity index (χ3n) is 4.32. The molecule has 0 spiro atoms. The largest absolute Gasteiger partial charge is 0.396 e. The van der Waals surface area contributed by atoms with Gasteiger partial charge in [0.15, 0.2) is 5.16 Å². The quantitative estimate of drug-likeness (QED) is 0.874. The van der Waals surface area contributed by atoms with E-state index in [2.05, 4.69) is 4.98 Å². The van der Waals surface area contributed by atoms with Crippen LogP contribution in [0.2, 0.25) is 0 Å². The summed E-state index contributed by atoms with van der Waals surface area (Å²) in [6.07, 6.45) is 7.40. The van der Waals surface area contributed by atoms with E-state index in [1.165, 1.54) is 0 Å². The molecular weight excluding hydrogens is 310 g/mol. The summed E-state index contributed by atoms with van der Waals surface area (Å²) >= 11 is 1.57. The van der Waals surface area contributed by atoms with Crippen molar-refractivity contribution in [3.05, 3.63) is 42.2 Å². The Labute approximate surface area is 140 Å². The van der Waals surface area contributed by atoms with Gasteiger partial charge in [0.2, 0.25) is 0 Å². The number of aromatic nitrogens is 2. The molecule has 0 bridgehead atoms. The lowest BCUT2D eigenvalue weighted by molar-refractivity contribution is 0.0651. The topological polar surface area (TPSA) is 58.4 Å². The summed E-state index contributed by atoms with van der Waals surface area (Å²) in [5.74, 6) is 0.398. The first-order chi connectivity index (χ1) is 11.2. The number of benzene rings is 1. The molecule has 1 aromatic heterocycles. The molecule has 1 aliphatic rings. The molecule has 0 unspecified atom stereocenters. The smallest absolute Gasteiger partial charge is 0.253 e. The molecule has 1 aromatic carbocycles. The maximum Gasteiger partial charge on any atom is 0.253 e. The van der Waals surface area contributed by atoms with Crippen LogP contribution in [0.25, 0.3) is 5.69 Å². The van der Waals surface area contributed by atoms with Gasteiger partial charge in [0.1, 0.15) is 0 Å². The summed E-state index contributed by atoms with van der Waals surface area (Å²) in [5, 5.41) is 10.1. The molecule has 2 heterocycles. The van der Waals surface area contributed by atoms with Gasteiger partial charge in [0.25, 0.3) is 5.91 Å². The highest BCUT2D eigenvalue weighted by molar-refractivity contribution is 7.98. The normalized spacial score (nSPS) is 15.8. The Balaban J connectivity index is 1.79. The van der Waals surface area contributed by atoms with Crippen molar-refractivity contribution in [3.63, 3.8) is 0 Å². The summed E-state index contributed by atoms with van der Waals surface area (Å²) in [4.78, 5) is 18.9. The van der Waals surface area contributed by atoms with Gasteiger partial charge in [-0.2, -0.15) is 0 Å². The van der Waals surface area contributed by atoms with Crippen LogP contribution >= 0.6 is 11.8 Å². The number of thioether (sulfide) groups is 1. The van der Waals surface area contributed by atoms with Crippen LogP contribution in [0.5, 0.6) is 0 Å². The fourth-order valence-corrected chi connectivity index (χ4v) is 3.46. The highest BCUT2D eigenvalue weighted by Gasteiger charge is 2.23. The average Bonchev–Trinajstić information content (AvgIpc) is 3.10. The standard InChI is InChI=1S/C17H21N3O2S/c1-23-17-18-7-10-20(17)15-4-2-3-14(11-15)16(22)19-8-5-13(12-21)6-9-19/h2-4,7,10-11,13,21H,5-6,8-9,12H2,1H3. The zero-order valence-electron chi connectivity index (χ0n) is 13.2. The number of aliphatic hydroxyl groups excluding tert-OH is 1. The third-order valence-corrected chi connectivity index (χ3v) is 4.99. The first-order valence-corrected chi connectivity index (χ1v) is 9.03. The summed E-state index contributed by atoms with van der Waals surface area (Å²) in [7, 11) is 0. The third kappa shape index (κ3) is 3.43. The molecule has 1 saturated heterocycles. The molecule has 23 heavy (non-hydrogen) atoms. The Morgan fingerprint density at radius 1 is 1.39 bits per heavy atom. The van der Waals surface area contributed by atoms with Crippen molar-refractivity contribution in [1.29, 1.82) is 0 Å². The number of piperidine rings is 1. The first-order valence-electron chi connectivity index (χ1n) is 7.81. The van der Waals surface area contributed by atoms with Crippen molar-refractivity contribution in [3.8, 4) is 5.69 Å². The second kappa shape index (κ2) is 7.19. The zero-order chi connectivity index (χ0) is 16.2. The van der Waals surface area contributed by atoms with E-state index in [-0.39, 0.29) is 12.5 Å². The second-order valence-corrected chi connectivity index (χ2v) is 6.53. The molecular formula is C17H21N3O2S. The van der Waals surface area contributed by atoms with Crippen molar-refractivity contribution in [2.75, 3.05) is 26.0 Å². The molecule has 3 rings (SSSR count). The monoisotopic (exact) mass is 331 g/mol. The predicted molar refractivity (Wildman–Crippen MR) is 91.1 cm³/mol. The van der Waals surface area contributed by atoms with Crippen molar-refractivity contribution in [1.82, 2.24) is 14.5 Å². The van der Waals surface area contributed by atoms with Crippen molar-refractivity contribution >= 4 is 17.7 Å². The molecule has 1 fully saturated rings.